The molecular formula is C22H24N2O4. The van der Waals surface area contributed by atoms with Gasteiger partial charge in [0.05, 0.1) is 18.9 Å². The largest absolute Gasteiger partial charge is 0.495 e. The van der Waals surface area contributed by atoms with E-state index in [0.717, 1.165) is 5.39 Å². The van der Waals surface area contributed by atoms with Gasteiger partial charge in [-0.05, 0) is 62.6 Å². The third kappa shape index (κ3) is 4.01. The van der Waals surface area contributed by atoms with Crippen molar-refractivity contribution in [1.29, 1.82) is 0 Å². The van der Waals surface area contributed by atoms with E-state index in [1.807, 2.05) is 38.1 Å². The minimum absolute atomic E-state index is 0.0523. The van der Waals surface area contributed by atoms with Gasteiger partial charge < -0.3 is 19.4 Å². The number of hydrogen-bond donors (Lipinski definition) is 1. The highest BCUT2D eigenvalue weighted by Gasteiger charge is 2.18. The smallest absolute Gasteiger partial charge is 0.259 e. The van der Waals surface area contributed by atoms with E-state index in [0.29, 0.717) is 22.6 Å². The fraction of sp³-hybridized carbons (Fsp3) is 0.273. The zero-order valence-electron chi connectivity index (χ0n) is 16.4. The first-order chi connectivity index (χ1) is 13.4. The summed E-state index contributed by atoms with van der Waals surface area (Å²) in [4.78, 5) is 25.6. The number of carbonyl (C=O) groups excluding carboxylic acids is 1. The zero-order chi connectivity index (χ0) is 20.3. The molecule has 0 fully saturated rings. The summed E-state index contributed by atoms with van der Waals surface area (Å²) in [5.41, 5.74) is 0.336. The molecule has 0 spiro atoms. The van der Waals surface area contributed by atoms with Gasteiger partial charge in [-0.2, -0.15) is 0 Å². The Morgan fingerprint density at radius 2 is 1.82 bits per heavy atom. The first-order valence-corrected chi connectivity index (χ1v) is 9.16. The number of rotatable bonds is 6. The van der Waals surface area contributed by atoms with Gasteiger partial charge in [-0.15, -0.1) is 0 Å². The van der Waals surface area contributed by atoms with E-state index in [1.165, 1.54) is 4.57 Å². The number of aromatic nitrogens is 1. The number of nitrogens with zero attached hydrogens (tertiary/aromatic N) is 1. The summed E-state index contributed by atoms with van der Waals surface area (Å²) in [6.07, 6.45) is 1.69. The summed E-state index contributed by atoms with van der Waals surface area (Å²) >= 11 is 0. The molecule has 0 aliphatic rings. The molecule has 1 atom stereocenters. The number of carbonyl (C=O) groups is 1. The Hall–Kier alpha value is -3.28. The molecule has 1 unspecified atom stereocenters. The van der Waals surface area contributed by atoms with Crippen molar-refractivity contribution in [2.45, 2.75) is 32.9 Å². The van der Waals surface area contributed by atoms with E-state index in [2.05, 4.69) is 5.32 Å². The Morgan fingerprint density at radius 3 is 2.54 bits per heavy atom. The summed E-state index contributed by atoms with van der Waals surface area (Å²) < 4.78 is 12.4. The van der Waals surface area contributed by atoms with Crippen LogP contribution in [0.25, 0.3) is 10.8 Å². The van der Waals surface area contributed by atoms with Crippen LogP contribution in [0.15, 0.2) is 59.5 Å². The van der Waals surface area contributed by atoms with Crippen LogP contribution in [0, 0.1) is 0 Å². The third-order valence-corrected chi connectivity index (χ3v) is 4.44. The van der Waals surface area contributed by atoms with Crippen molar-refractivity contribution in [3.63, 3.8) is 0 Å². The van der Waals surface area contributed by atoms with E-state index in [-0.39, 0.29) is 17.6 Å². The van der Waals surface area contributed by atoms with E-state index in [9.17, 15) is 9.59 Å². The number of methoxy groups -OCH3 is 1. The number of amides is 1. The molecule has 146 valence electrons. The standard InChI is InChI=1S/C22H24N2O4/c1-14(2)28-17-9-10-18-16(13-17)11-12-24(22(18)26)15(3)21(25)23-19-7-5-6-8-20(19)27-4/h5-15H,1-4H3,(H,23,25). The number of pyridine rings is 1. The topological polar surface area (TPSA) is 69.6 Å². The van der Waals surface area contributed by atoms with E-state index in [4.69, 9.17) is 9.47 Å². The summed E-state index contributed by atoms with van der Waals surface area (Å²) in [6, 6.07) is 13.6. The van der Waals surface area contributed by atoms with E-state index < -0.39 is 6.04 Å². The second-order valence-electron chi connectivity index (χ2n) is 6.81. The maximum atomic E-state index is 12.9. The van der Waals surface area contributed by atoms with Crippen molar-refractivity contribution in [3.05, 3.63) is 65.1 Å². The highest BCUT2D eigenvalue weighted by atomic mass is 16.5. The van der Waals surface area contributed by atoms with Gasteiger partial charge in [-0.25, -0.2) is 0 Å². The first-order valence-electron chi connectivity index (χ1n) is 9.16. The number of para-hydroxylation sites is 2. The normalized spacial score (nSPS) is 12.0. The molecule has 1 heterocycles. The van der Waals surface area contributed by atoms with E-state index >= 15 is 0 Å². The molecule has 1 amide bonds. The Kier molecular flexibility index (Phi) is 5.68. The minimum atomic E-state index is -0.687. The maximum Gasteiger partial charge on any atom is 0.259 e. The van der Waals surface area contributed by atoms with Crippen molar-refractivity contribution in [3.8, 4) is 11.5 Å². The van der Waals surface area contributed by atoms with Gasteiger partial charge in [0.1, 0.15) is 17.5 Å². The predicted octanol–water partition coefficient (Wildman–Crippen LogP) is 4.00. The molecule has 0 aliphatic heterocycles. The Labute approximate surface area is 163 Å². The van der Waals surface area contributed by atoms with Gasteiger partial charge in [0, 0.05) is 11.6 Å². The summed E-state index contributed by atoms with van der Waals surface area (Å²) in [5, 5.41) is 4.13. The fourth-order valence-corrected chi connectivity index (χ4v) is 3.00. The zero-order valence-corrected chi connectivity index (χ0v) is 16.4. The van der Waals surface area contributed by atoms with Crippen LogP contribution in [0.4, 0.5) is 5.69 Å². The van der Waals surface area contributed by atoms with Crippen LogP contribution in [0.1, 0.15) is 26.8 Å². The van der Waals surface area contributed by atoms with Crippen LogP contribution in [-0.2, 0) is 4.79 Å². The highest BCUT2D eigenvalue weighted by Crippen LogP contribution is 2.24. The number of hydrogen-bond acceptors (Lipinski definition) is 4. The number of nitrogens with one attached hydrogen (secondary N) is 1. The number of benzene rings is 2. The number of anilines is 1. The molecule has 3 rings (SSSR count). The van der Waals surface area contributed by atoms with Crippen molar-refractivity contribution in [1.82, 2.24) is 4.57 Å². The van der Waals surface area contributed by atoms with Gasteiger partial charge in [-0.3, -0.25) is 9.59 Å². The summed E-state index contributed by atoms with van der Waals surface area (Å²) in [6.45, 7) is 5.59. The molecule has 2 aromatic carbocycles. The fourth-order valence-electron chi connectivity index (χ4n) is 3.00. The molecular weight excluding hydrogens is 356 g/mol. The SMILES string of the molecule is COc1ccccc1NC(=O)C(C)n1ccc2cc(OC(C)C)ccc2c1=O. The number of fused-ring (bicyclic) bond motifs is 1. The summed E-state index contributed by atoms with van der Waals surface area (Å²) in [7, 11) is 1.54. The van der Waals surface area contributed by atoms with Gasteiger partial charge in [-0.1, -0.05) is 12.1 Å². The molecule has 28 heavy (non-hydrogen) atoms. The van der Waals surface area contributed by atoms with Crippen molar-refractivity contribution in [2.24, 2.45) is 0 Å². The average molecular weight is 380 g/mol. The maximum absolute atomic E-state index is 12.9. The monoisotopic (exact) mass is 380 g/mol. The van der Waals surface area contributed by atoms with Crippen molar-refractivity contribution < 1.29 is 14.3 Å². The summed E-state index contributed by atoms with van der Waals surface area (Å²) in [5.74, 6) is 0.971. The number of ether oxygens (including phenoxy) is 2. The molecule has 0 radical (unpaired) electrons. The van der Waals surface area contributed by atoms with Gasteiger partial charge in [0.25, 0.3) is 5.56 Å². The quantitative estimate of drug-likeness (QED) is 0.702. The molecule has 1 aromatic heterocycles. The minimum Gasteiger partial charge on any atom is -0.495 e. The lowest BCUT2D eigenvalue weighted by Gasteiger charge is -2.17. The Balaban J connectivity index is 1.88. The molecule has 0 saturated heterocycles. The van der Waals surface area contributed by atoms with Crippen molar-refractivity contribution >= 4 is 22.4 Å². The van der Waals surface area contributed by atoms with Crippen LogP contribution in [0.3, 0.4) is 0 Å². The molecule has 0 bridgehead atoms. The first kappa shape index (κ1) is 19.5. The van der Waals surface area contributed by atoms with E-state index in [1.54, 1.807) is 44.5 Å². The van der Waals surface area contributed by atoms with Gasteiger partial charge in [0.2, 0.25) is 5.91 Å². The average Bonchev–Trinajstić information content (AvgIpc) is 2.67. The van der Waals surface area contributed by atoms with Crippen molar-refractivity contribution in [2.75, 3.05) is 12.4 Å². The third-order valence-electron chi connectivity index (χ3n) is 4.44. The molecule has 0 aliphatic carbocycles. The Bertz CT molecular complexity index is 1060. The second-order valence-corrected chi connectivity index (χ2v) is 6.81. The predicted molar refractivity (Wildman–Crippen MR) is 110 cm³/mol. The lowest BCUT2D eigenvalue weighted by Crippen LogP contribution is -2.31. The van der Waals surface area contributed by atoms with Gasteiger partial charge in [0.15, 0.2) is 0 Å². The molecule has 6 heteroatoms. The second kappa shape index (κ2) is 8.17. The highest BCUT2D eigenvalue weighted by molar-refractivity contribution is 5.95. The van der Waals surface area contributed by atoms with Crippen LogP contribution in [-0.4, -0.2) is 23.7 Å². The van der Waals surface area contributed by atoms with Crippen LogP contribution >= 0.6 is 0 Å². The van der Waals surface area contributed by atoms with Crippen LogP contribution in [0.5, 0.6) is 11.5 Å². The molecule has 6 nitrogen and oxygen atoms in total. The van der Waals surface area contributed by atoms with Gasteiger partial charge >= 0.3 is 0 Å². The lowest BCUT2D eigenvalue weighted by atomic mass is 10.1. The van der Waals surface area contributed by atoms with Crippen LogP contribution in [0.2, 0.25) is 0 Å². The molecule has 3 aromatic rings. The molecule has 0 saturated carbocycles. The van der Waals surface area contributed by atoms with Crippen LogP contribution < -0.4 is 20.3 Å². The molecule has 1 N–H and O–H groups in total. The lowest BCUT2D eigenvalue weighted by molar-refractivity contribution is -0.118. The Morgan fingerprint density at radius 1 is 1.07 bits per heavy atom.